The van der Waals surface area contributed by atoms with Gasteiger partial charge in [0, 0.05) is 73.1 Å². The van der Waals surface area contributed by atoms with Crippen LogP contribution in [0.25, 0.3) is 66.1 Å². The SMILES string of the molecule is Cc1cc(=O)n(CC2OCCO2)c2cc(-c3ccccc3)ccc12.Cc1cc(=O)n(CC=O)c2cc(-c3ccccc3)ccc12.Cc1cc(=O)n(CCN2CCC(N(Cc3ccc4c(c3)OCCO4)C(=O)OC(C)(C)C)CC2)c2cc(-c3ccccc3)ccc12. The molecule has 0 atom stereocenters. The number of likely N-dealkylation sites (tertiary alicyclic amines) is 1. The Hall–Kier alpha value is -9.41. The summed E-state index contributed by atoms with van der Waals surface area (Å²) in [5.41, 5.74) is 12.4. The van der Waals surface area contributed by atoms with Crippen LogP contribution in [-0.4, -0.2) is 99.9 Å². The number of aromatic nitrogens is 3. The van der Waals surface area contributed by atoms with Gasteiger partial charge >= 0.3 is 6.09 Å². The summed E-state index contributed by atoms with van der Waals surface area (Å²) < 4.78 is 33.6. The zero-order valence-electron chi connectivity index (χ0n) is 52.1. The molecule has 3 aromatic heterocycles. The molecule has 13 rings (SSSR count). The molecule has 15 nitrogen and oxygen atoms in total. The molecule has 0 bridgehead atoms. The molecule has 10 aromatic rings. The van der Waals surface area contributed by atoms with Gasteiger partial charge in [-0.05, 0) is 140 Å². The molecular formula is C75H77N5O10. The fraction of sp³-hybridized carbons (Fsp3) is 0.293. The Labute approximate surface area is 524 Å². The van der Waals surface area contributed by atoms with Gasteiger partial charge in [-0.25, -0.2) is 4.79 Å². The number of benzene rings is 7. The number of amides is 1. The minimum atomic E-state index is -0.590. The minimum Gasteiger partial charge on any atom is -0.486 e. The topological polar surface area (TPSA) is 153 Å². The summed E-state index contributed by atoms with van der Waals surface area (Å²) >= 11 is 0. The van der Waals surface area contributed by atoms with Gasteiger partial charge in [0.2, 0.25) is 0 Å². The van der Waals surface area contributed by atoms with Crippen molar-refractivity contribution >= 4 is 45.1 Å². The van der Waals surface area contributed by atoms with Crippen molar-refractivity contribution in [3.63, 3.8) is 0 Å². The van der Waals surface area contributed by atoms with Crippen molar-refractivity contribution in [1.29, 1.82) is 0 Å². The third kappa shape index (κ3) is 14.7. The molecule has 3 aliphatic heterocycles. The number of carbonyl (C=O) groups is 2. The first-order valence-electron chi connectivity index (χ1n) is 30.9. The summed E-state index contributed by atoms with van der Waals surface area (Å²) in [7, 11) is 0. The van der Waals surface area contributed by atoms with E-state index in [-0.39, 0.29) is 41.6 Å². The van der Waals surface area contributed by atoms with E-state index in [0.29, 0.717) is 51.8 Å². The zero-order valence-corrected chi connectivity index (χ0v) is 52.1. The summed E-state index contributed by atoms with van der Waals surface area (Å²) in [5.74, 6) is 1.45. The third-order valence-corrected chi connectivity index (χ3v) is 16.8. The maximum atomic E-state index is 13.5. The molecule has 0 unspecified atom stereocenters. The number of piperidine rings is 1. The molecule has 1 amide bonds. The van der Waals surface area contributed by atoms with Crippen LogP contribution in [0.5, 0.6) is 11.5 Å². The van der Waals surface area contributed by atoms with Crippen molar-refractivity contribution in [1.82, 2.24) is 23.5 Å². The number of pyridine rings is 3. The van der Waals surface area contributed by atoms with Crippen molar-refractivity contribution in [2.45, 2.75) is 98.5 Å². The van der Waals surface area contributed by atoms with Crippen LogP contribution in [0.1, 0.15) is 55.9 Å². The fourth-order valence-electron chi connectivity index (χ4n) is 12.2. The van der Waals surface area contributed by atoms with Crippen LogP contribution in [0.4, 0.5) is 4.79 Å². The minimum absolute atomic E-state index is 0.0237. The van der Waals surface area contributed by atoms with Crippen LogP contribution in [0.15, 0.2) is 196 Å². The maximum Gasteiger partial charge on any atom is 0.410 e. The molecule has 0 spiro atoms. The first kappa shape index (κ1) is 62.2. The van der Waals surface area contributed by atoms with E-state index in [1.165, 1.54) is 4.57 Å². The number of aryl methyl sites for hydroxylation is 3. The molecule has 7 aromatic carbocycles. The average Bonchev–Trinajstić information content (AvgIpc) is 1.25. The number of hydrogen-bond acceptors (Lipinski definition) is 11. The van der Waals surface area contributed by atoms with Crippen molar-refractivity contribution in [2.24, 2.45) is 0 Å². The Morgan fingerprint density at radius 3 is 1.47 bits per heavy atom. The van der Waals surface area contributed by atoms with Gasteiger partial charge in [-0.3, -0.25) is 14.4 Å². The first-order valence-corrected chi connectivity index (χ1v) is 30.9. The second-order valence-corrected chi connectivity index (χ2v) is 24.2. The standard InChI is InChI=1S/C37H43N3O5.C20H19NO3.C18H15NO2/c1-26-22-35(41)39(32-24-29(11-12-31(26)32)28-8-6-5-7-9-28)19-18-38-16-14-30(15-17-38)40(36(42)45-37(2,3)4)25-27-10-13-33-34(23-27)44-21-20-43-33;1-14-11-19(22)21(13-20-23-9-10-24-20)18-12-16(7-8-17(14)18)15-5-3-2-4-6-15;1-13-11-18(21)19(9-10-20)17-12-15(7-8-16(13)17)14-5-3-2-4-6-14/h5-13,22-24,30H,14-21,25H2,1-4H3;2-8,11-12,20H,9-10,13H2,1H3;2-8,10-12H,9H2,1H3. The molecule has 6 heterocycles. The van der Waals surface area contributed by atoms with Gasteiger partial charge in [-0.2, -0.15) is 0 Å². The molecule has 3 aliphatic rings. The van der Waals surface area contributed by atoms with E-state index in [2.05, 4.69) is 65.6 Å². The number of nitrogens with zero attached hydrogens (tertiary/aromatic N) is 5. The van der Waals surface area contributed by atoms with E-state index in [0.717, 1.165) is 133 Å². The lowest BCUT2D eigenvalue weighted by atomic mass is 10.0. The smallest absolute Gasteiger partial charge is 0.410 e. The van der Waals surface area contributed by atoms with Crippen LogP contribution in [0.3, 0.4) is 0 Å². The van der Waals surface area contributed by atoms with Gasteiger partial charge in [-0.15, -0.1) is 0 Å². The largest absolute Gasteiger partial charge is 0.486 e. The van der Waals surface area contributed by atoms with Gasteiger partial charge in [-0.1, -0.05) is 133 Å². The average molecular weight is 1210 g/mol. The zero-order chi connectivity index (χ0) is 62.9. The molecule has 0 saturated carbocycles. The van der Waals surface area contributed by atoms with Gasteiger partial charge < -0.3 is 52.0 Å². The monoisotopic (exact) mass is 1210 g/mol. The summed E-state index contributed by atoms with van der Waals surface area (Å²) in [5, 5.41) is 3.17. The van der Waals surface area contributed by atoms with Gasteiger partial charge in [0.1, 0.15) is 25.1 Å². The molecule has 2 fully saturated rings. The van der Waals surface area contributed by atoms with E-state index in [4.69, 9.17) is 23.7 Å². The molecule has 462 valence electrons. The first-order chi connectivity index (χ1) is 43.6. The van der Waals surface area contributed by atoms with Crippen LogP contribution < -0.4 is 26.2 Å². The second kappa shape index (κ2) is 28.0. The van der Waals surface area contributed by atoms with E-state index >= 15 is 0 Å². The molecule has 2 saturated heterocycles. The van der Waals surface area contributed by atoms with Crippen LogP contribution in [-0.2, 0) is 45.2 Å². The van der Waals surface area contributed by atoms with Gasteiger partial charge in [0.05, 0.1) is 42.9 Å². The summed E-state index contributed by atoms with van der Waals surface area (Å²) in [6.07, 6.45) is 1.75. The Morgan fingerprint density at radius 2 is 0.978 bits per heavy atom. The lowest BCUT2D eigenvalue weighted by Gasteiger charge is -2.39. The summed E-state index contributed by atoms with van der Waals surface area (Å²) in [4.78, 5) is 66.5. The predicted molar refractivity (Wildman–Crippen MR) is 356 cm³/mol. The highest BCUT2D eigenvalue weighted by Crippen LogP contribution is 2.34. The Morgan fingerprint density at radius 1 is 0.522 bits per heavy atom. The van der Waals surface area contributed by atoms with Crippen LogP contribution in [0, 0.1) is 20.8 Å². The molecule has 0 radical (unpaired) electrons. The quantitative estimate of drug-likeness (QED) is 0.101. The molecular weight excluding hydrogens is 1130 g/mol. The van der Waals surface area contributed by atoms with Crippen molar-refractivity contribution in [2.75, 3.05) is 46.1 Å². The van der Waals surface area contributed by atoms with Crippen molar-refractivity contribution in [3.05, 3.63) is 235 Å². The number of rotatable bonds is 13. The normalized spacial score (nSPS) is 14.4. The summed E-state index contributed by atoms with van der Waals surface area (Å²) in [6.45, 7) is 17.8. The number of hydrogen-bond donors (Lipinski definition) is 0. The van der Waals surface area contributed by atoms with Crippen molar-refractivity contribution < 1.29 is 33.3 Å². The number of fused-ring (bicyclic) bond motifs is 4. The highest BCUT2D eigenvalue weighted by molar-refractivity contribution is 5.89. The van der Waals surface area contributed by atoms with E-state index in [9.17, 15) is 24.0 Å². The van der Waals surface area contributed by atoms with Crippen LogP contribution in [0.2, 0.25) is 0 Å². The molecule has 0 N–H and O–H groups in total. The van der Waals surface area contributed by atoms with Gasteiger partial charge in [0.15, 0.2) is 17.8 Å². The number of carbonyl (C=O) groups excluding carboxylic acids is 2. The second-order valence-electron chi connectivity index (χ2n) is 24.2. The molecule has 15 heteroatoms. The van der Waals surface area contributed by atoms with E-state index in [1.807, 2.05) is 154 Å². The maximum absolute atomic E-state index is 13.5. The Bertz CT molecular complexity index is 4370. The number of ether oxygens (including phenoxy) is 5. The van der Waals surface area contributed by atoms with E-state index in [1.54, 1.807) is 22.8 Å². The Balaban J connectivity index is 0.000000154. The molecule has 90 heavy (non-hydrogen) atoms. The Kier molecular flexibility index (Phi) is 19.3. The lowest BCUT2D eigenvalue weighted by Crippen LogP contribution is -2.49. The van der Waals surface area contributed by atoms with Crippen LogP contribution >= 0.6 is 0 Å². The summed E-state index contributed by atoms with van der Waals surface area (Å²) in [6, 6.07) is 60.0. The van der Waals surface area contributed by atoms with Gasteiger partial charge in [0.25, 0.3) is 16.7 Å². The van der Waals surface area contributed by atoms with E-state index < -0.39 is 5.60 Å². The lowest BCUT2D eigenvalue weighted by molar-refractivity contribution is -0.108. The highest BCUT2D eigenvalue weighted by Gasteiger charge is 2.32. The fourth-order valence-corrected chi connectivity index (χ4v) is 12.2. The predicted octanol–water partition coefficient (Wildman–Crippen LogP) is 13.2. The number of aldehydes is 1. The van der Waals surface area contributed by atoms with Crippen molar-refractivity contribution in [3.8, 4) is 44.9 Å². The highest BCUT2D eigenvalue weighted by atomic mass is 16.7. The third-order valence-electron chi connectivity index (χ3n) is 16.8. The molecule has 0 aliphatic carbocycles.